The van der Waals surface area contributed by atoms with Crippen LogP contribution in [-0.4, -0.2) is 49.1 Å². The van der Waals surface area contributed by atoms with Gasteiger partial charge >= 0.3 is 0 Å². The zero-order chi connectivity index (χ0) is 29.4. The van der Waals surface area contributed by atoms with Gasteiger partial charge in [0, 0.05) is 43.0 Å². The van der Waals surface area contributed by atoms with Crippen LogP contribution in [-0.2, 0) is 20.0 Å². The number of carbonyl (C=O) groups is 2. The Morgan fingerprint density at radius 1 is 1.05 bits per heavy atom. The highest BCUT2D eigenvalue weighted by Crippen LogP contribution is 2.28. The van der Waals surface area contributed by atoms with Gasteiger partial charge in [-0.3, -0.25) is 19.1 Å². The van der Waals surface area contributed by atoms with Gasteiger partial charge in [0.1, 0.15) is 0 Å². The Morgan fingerprint density at radius 3 is 2.39 bits per heavy atom. The van der Waals surface area contributed by atoms with Crippen molar-refractivity contribution in [1.29, 1.82) is 0 Å². The molecule has 3 heterocycles. The third-order valence-electron chi connectivity index (χ3n) is 7.30. The molecule has 12 heteroatoms. The molecular weight excluding hydrogens is 565 g/mol. The third-order valence-corrected chi connectivity index (χ3v) is 8.04. The van der Waals surface area contributed by atoms with E-state index in [0.717, 1.165) is 5.69 Å². The second kappa shape index (κ2) is 11.4. The van der Waals surface area contributed by atoms with Crippen molar-refractivity contribution >= 4 is 41.0 Å². The van der Waals surface area contributed by atoms with Crippen molar-refractivity contribution in [3.8, 4) is 5.69 Å². The fraction of sp³-hybridized carbons (Fsp3) is 0.276. The molecule has 1 aliphatic rings. The first-order chi connectivity index (χ1) is 19.6. The Labute approximate surface area is 246 Å². The average Bonchev–Trinajstić information content (AvgIpc) is 3.40. The number of benzene rings is 2. The minimum atomic E-state index is -0.268. The Morgan fingerprint density at radius 2 is 1.76 bits per heavy atom. The molecule has 2 N–H and O–H groups in total. The highest BCUT2D eigenvalue weighted by Gasteiger charge is 2.32. The van der Waals surface area contributed by atoms with Crippen molar-refractivity contribution in [2.24, 2.45) is 7.05 Å². The van der Waals surface area contributed by atoms with E-state index in [1.54, 1.807) is 65.3 Å². The average molecular weight is 595 g/mol. The Balaban J connectivity index is 1.58. The summed E-state index contributed by atoms with van der Waals surface area (Å²) in [6, 6.07) is 12.9. The largest absolute Gasteiger partial charge is 0.355 e. The second-order valence-electron chi connectivity index (χ2n) is 9.99. The second-order valence-corrected chi connectivity index (χ2v) is 10.8. The lowest BCUT2D eigenvalue weighted by atomic mass is 9.98. The van der Waals surface area contributed by atoms with Gasteiger partial charge in [0.25, 0.3) is 17.4 Å². The van der Waals surface area contributed by atoms with Gasteiger partial charge in [0.05, 0.1) is 39.7 Å². The van der Waals surface area contributed by atoms with Crippen molar-refractivity contribution < 1.29 is 9.59 Å². The van der Waals surface area contributed by atoms with Crippen LogP contribution in [0.1, 0.15) is 57.6 Å². The molecule has 41 heavy (non-hydrogen) atoms. The minimum Gasteiger partial charge on any atom is -0.355 e. The SMILES string of the molecule is CNC(=O)c1ccc(-n2c(NC(C)c3ccnn3C)nc3c(c2=O)C[C@@H](C)N(C(=O)c2ccc(Cl)c(Cl)c2)C3)cc1. The molecular formula is C29H29Cl2N7O3. The molecule has 0 spiro atoms. The van der Waals surface area contributed by atoms with Crippen LogP contribution in [0.5, 0.6) is 0 Å². The summed E-state index contributed by atoms with van der Waals surface area (Å²) in [7, 11) is 3.40. The first-order valence-corrected chi connectivity index (χ1v) is 13.8. The standard InChI is InChI=1S/C29H29Cl2N7O3/c1-16-13-21-24(15-37(16)27(40)19-7-10-22(30)23(31)14-19)35-29(34-17(2)25-11-12-33-36(25)4)38(28(21)41)20-8-5-18(6-9-20)26(39)32-3/h5-12,14,16-17H,13,15H2,1-4H3,(H,32,39)(H,34,35)/t16-,17?/m1/s1. The highest BCUT2D eigenvalue weighted by atomic mass is 35.5. The number of halogens is 2. The molecule has 0 bridgehead atoms. The minimum absolute atomic E-state index is 0.149. The number of fused-ring (bicyclic) bond motifs is 1. The number of nitrogens with one attached hydrogen (secondary N) is 2. The monoisotopic (exact) mass is 593 g/mol. The van der Waals surface area contributed by atoms with Crippen molar-refractivity contribution in [3.05, 3.63) is 103 Å². The number of aryl methyl sites for hydroxylation is 1. The molecule has 0 aliphatic carbocycles. The predicted molar refractivity (Wildman–Crippen MR) is 158 cm³/mol. The number of hydrogen-bond acceptors (Lipinski definition) is 6. The van der Waals surface area contributed by atoms with E-state index in [-0.39, 0.29) is 36.0 Å². The lowest BCUT2D eigenvalue weighted by Gasteiger charge is -2.35. The number of aromatic nitrogens is 4. The normalized spacial score (nSPS) is 15.3. The van der Waals surface area contributed by atoms with Crippen molar-refractivity contribution in [2.45, 2.75) is 38.9 Å². The van der Waals surface area contributed by atoms with E-state index in [9.17, 15) is 14.4 Å². The van der Waals surface area contributed by atoms with E-state index in [4.69, 9.17) is 28.2 Å². The van der Waals surface area contributed by atoms with Crippen LogP contribution in [0.3, 0.4) is 0 Å². The molecule has 0 saturated carbocycles. The van der Waals surface area contributed by atoms with Crippen LogP contribution in [0.2, 0.25) is 10.0 Å². The molecule has 2 aromatic carbocycles. The quantitative estimate of drug-likeness (QED) is 0.342. The maximum Gasteiger partial charge on any atom is 0.263 e. The molecule has 4 aromatic rings. The van der Waals surface area contributed by atoms with Crippen LogP contribution in [0.15, 0.2) is 59.5 Å². The Kier molecular flexibility index (Phi) is 7.88. The van der Waals surface area contributed by atoms with Crippen molar-refractivity contribution in [3.63, 3.8) is 0 Å². The first-order valence-electron chi connectivity index (χ1n) is 13.1. The van der Waals surface area contributed by atoms with Gasteiger partial charge in [0.15, 0.2) is 0 Å². The van der Waals surface area contributed by atoms with Gasteiger partial charge in [-0.25, -0.2) is 9.55 Å². The van der Waals surface area contributed by atoms with E-state index in [2.05, 4.69) is 15.7 Å². The summed E-state index contributed by atoms with van der Waals surface area (Å²) in [5.41, 5.74) is 3.13. The summed E-state index contributed by atoms with van der Waals surface area (Å²) in [5, 5.41) is 10.9. The van der Waals surface area contributed by atoms with Gasteiger partial charge in [-0.05, 0) is 68.8 Å². The smallest absolute Gasteiger partial charge is 0.263 e. The summed E-state index contributed by atoms with van der Waals surface area (Å²) in [5.74, 6) is -0.141. The maximum absolute atomic E-state index is 14.1. The lowest BCUT2D eigenvalue weighted by Crippen LogP contribution is -2.46. The number of hydrogen-bond donors (Lipinski definition) is 2. The fourth-order valence-corrected chi connectivity index (χ4v) is 5.34. The van der Waals surface area contributed by atoms with E-state index in [1.165, 1.54) is 4.57 Å². The van der Waals surface area contributed by atoms with E-state index in [1.807, 2.05) is 27.0 Å². The summed E-state index contributed by atoms with van der Waals surface area (Å²) in [6.45, 7) is 4.00. The molecule has 10 nitrogen and oxygen atoms in total. The van der Waals surface area contributed by atoms with Crippen molar-refractivity contribution in [1.82, 2.24) is 29.5 Å². The lowest BCUT2D eigenvalue weighted by molar-refractivity contribution is 0.0653. The highest BCUT2D eigenvalue weighted by molar-refractivity contribution is 6.42. The molecule has 5 rings (SSSR count). The number of anilines is 1. The van der Waals surface area contributed by atoms with Gasteiger partial charge in [-0.1, -0.05) is 23.2 Å². The van der Waals surface area contributed by atoms with Crippen LogP contribution in [0.4, 0.5) is 5.95 Å². The number of rotatable bonds is 6. The third kappa shape index (κ3) is 5.45. The topological polar surface area (TPSA) is 114 Å². The molecule has 0 saturated heterocycles. The van der Waals surface area contributed by atoms with Gasteiger partial charge in [-0.2, -0.15) is 5.10 Å². The first kappa shape index (κ1) is 28.4. The number of amides is 2. The van der Waals surface area contributed by atoms with Crippen LogP contribution < -0.4 is 16.2 Å². The predicted octanol–water partition coefficient (Wildman–Crippen LogP) is 4.39. The molecule has 1 aliphatic heterocycles. The van der Waals surface area contributed by atoms with Gasteiger partial charge in [0.2, 0.25) is 5.95 Å². The van der Waals surface area contributed by atoms with Crippen LogP contribution in [0.25, 0.3) is 5.69 Å². The summed E-state index contributed by atoms with van der Waals surface area (Å²) < 4.78 is 3.26. The number of carbonyl (C=O) groups excluding carboxylic acids is 2. The van der Waals surface area contributed by atoms with Gasteiger partial charge in [-0.15, -0.1) is 0 Å². The molecule has 212 valence electrons. The van der Waals surface area contributed by atoms with Crippen LogP contribution >= 0.6 is 23.2 Å². The zero-order valence-corrected chi connectivity index (χ0v) is 24.5. The Hall–Kier alpha value is -4.15. The van der Waals surface area contributed by atoms with Crippen LogP contribution in [0, 0.1) is 0 Å². The van der Waals surface area contributed by atoms with E-state index >= 15 is 0 Å². The maximum atomic E-state index is 14.1. The zero-order valence-electron chi connectivity index (χ0n) is 23.0. The molecule has 1 unspecified atom stereocenters. The van der Waals surface area contributed by atoms with E-state index < -0.39 is 0 Å². The summed E-state index contributed by atoms with van der Waals surface area (Å²) in [6.07, 6.45) is 2.02. The van der Waals surface area contributed by atoms with Crippen molar-refractivity contribution in [2.75, 3.05) is 12.4 Å². The summed E-state index contributed by atoms with van der Waals surface area (Å²) >= 11 is 12.2. The summed E-state index contributed by atoms with van der Waals surface area (Å²) in [4.78, 5) is 46.2. The van der Waals surface area contributed by atoms with E-state index in [0.29, 0.717) is 50.5 Å². The van der Waals surface area contributed by atoms with Gasteiger partial charge < -0.3 is 15.5 Å². The fourth-order valence-electron chi connectivity index (χ4n) is 5.04. The number of nitrogens with zero attached hydrogens (tertiary/aromatic N) is 5. The molecule has 0 radical (unpaired) electrons. The molecule has 2 atom stereocenters. The molecule has 2 aromatic heterocycles. The Bertz CT molecular complexity index is 1700. The molecule has 2 amide bonds. The molecule has 0 fully saturated rings.